The van der Waals surface area contributed by atoms with Gasteiger partial charge in [-0.2, -0.15) is 0 Å². The van der Waals surface area contributed by atoms with Gasteiger partial charge < -0.3 is 15.2 Å². The number of hydrogen-bond acceptors (Lipinski definition) is 4. The number of nitrogens with two attached hydrogens (primary N) is 1. The largest absolute Gasteiger partial charge is 0.496 e. The molecule has 1 aromatic rings. The lowest BCUT2D eigenvalue weighted by atomic mass is 10.1. The van der Waals surface area contributed by atoms with Crippen molar-refractivity contribution in [3.8, 4) is 11.5 Å². The van der Waals surface area contributed by atoms with Gasteiger partial charge in [0.25, 0.3) is 0 Å². The summed E-state index contributed by atoms with van der Waals surface area (Å²) in [7, 11) is 3.40. The van der Waals surface area contributed by atoms with Gasteiger partial charge in [0.05, 0.1) is 19.1 Å². The Morgan fingerprint density at radius 3 is 2.39 bits per heavy atom. The summed E-state index contributed by atoms with van der Waals surface area (Å²) < 4.78 is 10.9. The number of methoxy groups -OCH3 is 2. The third-order valence-electron chi connectivity index (χ3n) is 2.88. The van der Waals surface area contributed by atoms with Gasteiger partial charge in [0.1, 0.15) is 11.5 Å². The van der Waals surface area contributed by atoms with E-state index in [4.69, 9.17) is 15.2 Å². The zero-order valence-corrected chi connectivity index (χ0v) is 12.5. The van der Waals surface area contributed by atoms with Crippen LogP contribution in [0.25, 0.3) is 0 Å². The molecular formula is C14H23NO2S. The summed E-state index contributed by atoms with van der Waals surface area (Å²) in [5.41, 5.74) is 6.72. The van der Waals surface area contributed by atoms with Crippen LogP contribution in [0.2, 0.25) is 0 Å². The number of thioether (sulfide) groups is 1. The molecule has 0 aliphatic rings. The number of benzene rings is 1. The van der Waals surface area contributed by atoms with Crippen molar-refractivity contribution < 1.29 is 9.47 Å². The van der Waals surface area contributed by atoms with Crippen LogP contribution in [-0.2, 0) is 6.42 Å². The van der Waals surface area contributed by atoms with Crippen LogP contribution in [0.3, 0.4) is 0 Å². The maximum absolute atomic E-state index is 5.61. The van der Waals surface area contributed by atoms with Crippen LogP contribution >= 0.6 is 11.8 Å². The molecule has 0 heterocycles. The molecule has 0 aliphatic carbocycles. The molecule has 2 N–H and O–H groups in total. The van der Waals surface area contributed by atoms with E-state index in [0.29, 0.717) is 11.8 Å². The highest BCUT2D eigenvalue weighted by atomic mass is 32.2. The van der Waals surface area contributed by atoms with Crippen molar-refractivity contribution in [1.29, 1.82) is 0 Å². The van der Waals surface area contributed by atoms with Gasteiger partial charge in [-0.25, -0.2) is 0 Å². The van der Waals surface area contributed by atoms with Crippen molar-refractivity contribution in [3.63, 3.8) is 0 Å². The minimum absolute atomic E-state index is 0.559. The first-order valence-corrected chi connectivity index (χ1v) is 7.15. The topological polar surface area (TPSA) is 44.5 Å². The van der Waals surface area contributed by atoms with Gasteiger partial charge in [0, 0.05) is 5.25 Å². The molecule has 102 valence electrons. The van der Waals surface area contributed by atoms with Crippen molar-refractivity contribution in [2.45, 2.75) is 36.8 Å². The highest BCUT2D eigenvalue weighted by Crippen LogP contribution is 2.38. The van der Waals surface area contributed by atoms with Crippen LogP contribution in [0.4, 0.5) is 0 Å². The van der Waals surface area contributed by atoms with E-state index in [0.717, 1.165) is 34.8 Å². The Morgan fingerprint density at radius 2 is 1.89 bits per heavy atom. The molecule has 0 saturated heterocycles. The first kappa shape index (κ1) is 15.2. The number of hydrogen-bond donors (Lipinski definition) is 1. The zero-order chi connectivity index (χ0) is 13.5. The fourth-order valence-corrected chi connectivity index (χ4v) is 2.71. The molecular weight excluding hydrogens is 246 g/mol. The third kappa shape index (κ3) is 3.82. The molecule has 0 aromatic heterocycles. The maximum Gasteiger partial charge on any atom is 0.132 e. The summed E-state index contributed by atoms with van der Waals surface area (Å²) in [6, 6.07) is 4.09. The second kappa shape index (κ2) is 7.54. The molecule has 1 aromatic carbocycles. The van der Waals surface area contributed by atoms with E-state index >= 15 is 0 Å². The van der Waals surface area contributed by atoms with Gasteiger partial charge in [-0.05, 0) is 37.1 Å². The van der Waals surface area contributed by atoms with E-state index in [-0.39, 0.29) is 0 Å². The Kier molecular flexibility index (Phi) is 6.36. The highest BCUT2D eigenvalue weighted by molar-refractivity contribution is 8.00. The molecule has 0 unspecified atom stereocenters. The highest BCUT2D eigenvalue weighted by Gasteiger charge is 2.13. The SMILES string of the molecule is CC[C@H](C)Sc1cc(OC)c(CCN)cc1OC. The van der Waals surface area contributed by atoms with Crippen molar-refractivity contribution in [2.75, 3.05) is 20.8 Å². The molecule has 1 rings (SSSR count). The normalized spacial score (nSPS) is 12.3. The van der Waals surface area contributed by atoms with Gasteiger partial charge in [0.2, 0.25) is 0 Å². The van der Waals surface area contributed by atoms with Gasteiger partial charge in [-0.1, -0.05) is 13.8 Å². The Balaban J connectivity index is 3.09. The standard InChI is InChI=1S/C14H23NO2S/c1-5-10(2)18-14-9-12(16-3)11(6-7-15)8-13(14)17-4/h8-10H,5-7,15H2,1-4H3/t10-/m0/s1. The van der Waals surface area contributed by atoms with E-state index in [1.54, 1.807) is 14.2 Å². The first-order chi connectivity index (χ1) is 8.65. The summed E-state index contributed by atoms with van der Waals surface area (Å²) in [6.07, 6.45) is 1.93. The predicted octanol–water partition coefficient (Wildman–Crippen LogP) is 3.10. The number of ether oxygens (including phenoxy) is 2. The quantitative estimate of drug-likeness (QED) is 0.773. The third-order valence-corrected chi connectivity index (χ3v) is 4.19. The zero-order valence-electron chi connectivity index (χ0n) is 11.7. The predicted molar refractivity (Wildman–Crippen MR) is 77.9 cm³/mol. The fraction of sp³-hybridized carbons (Fsp3) is 0.571. The average molecular weight is 269 g/mol. The van der Waals surface area contributed by atoms with Crippen LogP contribution in [0, 0.1) is 0 Å². The van der Waals surface area contributed by atoms with Crippen LogP contribution < -0.4 is 15.2 Å². The fourth-order valence-electron chi connectivity index (χ4n) is 1.68. The monoisotopic (exact) mass is 269 g/mol. The molecule has 0 radical (unpaired) electrons. The van der Waals surface area contributed by atoms with Crippen molar-refractivity contribution >= 4 is 11.8 Å². The first-order valence-electron chi connectivity index (χ1n) is 6.27. The van der Waals surface area contributed by atoms with Crippen LogP contribution in [0.5, 0.6) is 11.5 Å². The van der Waals surface area contributed by atoms with Crippen molar-refractivity contribution in [2.24, 2.45) is 5.73 Å². The molecule has 1 atom stereocenters. The molecule has 0 saturated carbocycles. The summed E-state index contributed by atoms with van der Waals surface area (Å²) in [5, 5.41) is 0.559. The summed E-state index contributed by atoms with van der Waals surface area (Å²) in [6.45, 7) is 5.01. The molecule has 3 nitrogen and oxygen atoms in total. The average Bonchev–Trinajstić information content (AvgIpc) is 2.39. The van der Waals surface area contributed by atoms with E-state index in [2.05, 4.69) is 19.9 Å². The maximum atomic E-state index is 5.61. The minimum Gasteiger partial charge on any atom is -0.496 e. The van der Waals surface area contributed by atoms with E-state index in [1.807, 2.05) is 17.8 Å². The second-order valence-corrected chi connectivity index (χ2v) is 5.67. The van der Waals surface area contributed by atoms with Crippen LogP contribution in [0.15, 0.2) is 17.0 Å². The lowest BCUT2D eigenvalue weighted by Gasteiger charge is -2.16. The number of rotatable bonds is 7. The second-order valence-electron chi connectivity index (χ2n) is 4.19. The van der Waals surface area contributed by atoms with E-state index in [9.17, 15) is 0 Å². The summed E-state index contributed by atoms with van der Waals surface area (Å²) in [5.74, 6) is 1.80. The molecule has 0 aliphatic heterocycles. The van der Waals surface area contributed by atoms with Crippen molar-refractivity contribution in [3.05, 3.63) is 17.7 Å². The minimum atomic E-state index is 0.559. The lowest BCUT2D eigenvalue weighted by Crippen LogP contribution is -2.05. The summed E-state index contributed by atoms with van der Waals surface area (Å²) in [4.78, 5) is 1.13. The van der Waals surface area contributed by atoms with Gasteiger partial charge in [-0.15, -0.1) is 11.8 Å². The smallest absolute Gasteiger partial charge is 0.132 e. The van der Waals surface area contributed by atoms with Crippen LogP contribution in [0.1, 0.15) is 25.8 Å². The Hall–Kier alpha value is -0.870. The Bertz CT molecular complexity index is 382. The lowest BCUT2D eigenvalue weighted by molar-refractivity contribution is 0.390. The Morgan fingerprint density at radius 1 is 1.22 bits per heavy atom. The van der Waals surface area contributed by atoms with Gasteiger partial charge in [0.15, 0.2) is 0 Å². The van der Waals surface area contributed by atoms with Gasteiger partial charge in [-0.3, -0.25) is 0 Å². The molecule has 0 spiro atoms. The van der Waals surface area contributed by atoms with Crippen LogP contribution in [-0.4, -0.2) is 26.0 Å². The summed E-state index contributed by atoms with van der Waals surface area (Å²) >= 11 is 1.81. The molecule has 0 amide bonds. The van der Waals surface area contributed by atoms with E-state index < -0.39 is 0 Å². The molecule has 18 heavy (non-hydrogen) atoms. The van der Waals surface area contributed by atoms with E-state index in [1.165, 1.54) is 0 Å². The van der Waals surface area contributed by atoms with Crippen molar-refractivity contribution in [1.82, 2.24) is 0 Å². The Labute approximate surface area is 114 Å². The van der Waals surface area contributed by atoms with Gasteiger partial charge >= 0.3 is 0 Å². The molecule has 4 heteroatoms. The molecule has 0 fully saturated rings. The molecule has 0 bridgehead atoms.